The number of hydrogen-bond donors (Lipinski definition) is 1. The molecular weight excluding hydrogens is 362 g/mol. The van der Waals surface area contributed by atoms with Gasteiger partial charge in [0.25, 0.3) is 5.91 Å². The fourth-order valence-corrected chi connectivity index (χ4v) is 4.89. The van der Waals surface area contributed by atoms with Crippen LogP contribution in [0.5, 0.6) is 0 Å². The molecule has 1 fully saturated rings. The molecule has 5 rings (SSSR count). The Morgan fingerprint density at radius 1 is 0.966 bits per heavy atom. The van der Waals surface area contributed by atoms with Crippen LogP contribution in [0.25, 0.3) is 5.57 Å². The zero-order valence-electron chi connectivity index (χ0n) is 16.4. The first-order valence-electron chi connectivity index (χ1n) is 10.4. The molecule has 3 amide bonds. The largest absolute Gasteiger partial charge is 0.326 e. The summed E-state index contributed by atoms with van der Waals surface area (Å²) in [5.74, 6) is -0.104. The molecule has 0 bridgehead atoms. The first kappa shape index (κ1) is 18.1. The number of hydrogen-bond acceptors (Lipinski definition) is 3. The van der Waals surface area contributed by atoms with Crippen LogP contribution in [-0.4, -0.2) is 41.5 Å². The third-order valence-corrected chi connectivity index (χ3v) is 6.43. The predicted octanol–water partition coefficient (Wildman–Crippen LogP) is 3.52. The van der Waals surface area contributed by atoms with E-state index in [0.717, 1.165) is 37.9 Å². The Hall–Kier alpha value is -2.92. The summed E-state index contributed by atoms with van der Waals surface area (Å²) in [6.07, 6.45) is 5.66. The molecule has 5 heteroatoms. The molecule has 0 radical (unpaired) electrons. The van der Waals surface area contributed by atoms with Crippen molar-refractivity contribution in [3.05, 3.63) is 77.4 Å². The normalized spacial score (nSPS) is 24.4. The first-order valence-corrected chi connectivity index (χ1v) is 10.4. The molecule has 2 aliphatic heterocycles. The Morgan fingerprint density at radius 3 is 2.55 bits per heavy atom. The average Bonchev–Trinajstić information content (AvgIpc) is 3.00. The van der Waals surface area contributed by atoms with E-state index < -0.39 is 5.54 Å². The SMILES string of the molecule is O=C1N[C@]2(CCCc3ccccc32)C(=O)N1CN1CC=C(c2ccccc2)CC1. The maximum absolute atomic E-state index is 13.4. The summed E-state index contributed by atoms with van der Waals surface area (Å²) in [6.45, 7) is 1.92. The topological polar surface area (TPSA) is 52.7 Å². The summed E-state index contributed by atoms with van der Waals surface area (Å²) in [7, 11) is 0. The molecule has 29 heavy (non-hydrogen) atoms. The van der Waals surface area contributed by atoms with Gasteiger partial charge in [-0.15, -0.1) is 0 Å². The number of urea groups is 1. The van der Waals surface area contributed by atoms with Crippen LogP contribution in [0.1, 0.15) is 36.0 Å². The van der Waals surface area contributed by atoms with E-state index in [1.165, 1.54) is 21.6 Å². The summed E-state index contributed by atoms with van der Waals surface area (Å²) in [4.78, 5) is 29.8. The molecule has 1 atom stereocenters. The third-order valence-electron chi connectivity index (χ3n) is 6.43. The van der Waals surface area contributed by atoms with Crippen LogP contribution in [0.2, 0.25) is 0 Å². The average molecular weight is 387 g/mol. The highest BCUT2D eigenvalue weighted by Crippen LogP contribution is 2.40. The van der Waals surface area contributed by atoms with Crippen molar-refractivity contribution in [1.29, 1.82) is 0 Å². The van der Waals surface area contributed by atoms with Crippen molar-refractivity contribution < 1.29 is 9.59 Å². The predicted molar refractivity (Wildman–Crippen MR) is 112 cm³/mol. The van der Waals surface area contributed by atoms with Crippen LogP contribution in [0, 0.1) is 0 Å². The number of nitrogens with zero attached hydrogens (tertiary/aromatic N) is 2. The van der Waals surface area contributed by atoms with Gasteiger partial charge in [0.05, 0.1) is 6.67 Å². The standard InChI is InChI=1S/C24H25N3O2/c28-22-24(14-6-10-20-9-4-5-11-21(20)24)25-23(29)27(22)17-26-15-12-19(13-16-26)18-7-2-1-3-8-18/h1-5,7-9,11-12H,6,10,13-17H2,(H,25,29)/t24-/m0/s1. The van der Waals surface area contributed by atoms with E-state index >= 15 is 0 Å². The number of benzene rings is 2. The highest BCUT2D eigenvalue weighted by Gasteiger charge is 2.54. The Morgan fingerprint density at radius 2 is 1.76 bits per heavy atom. The van der Waals surface area contributed by atoms with Crippen molar-refractivity contribution in [3.8, 4) is 0 Å². The number of imide groups is 1. The molecule has 2 aromatic rings. The molecular formula is C24H25N3O2. The highest BCUT2D eigenvalue weighted by atomic mass is 16.2. The van der Waals surface area contributed by atoms with Crippen LogP contribution < -0.4 is 5.32 Å². The monoisotopic (exact) mass is 387 g/mol. The number of fused-ring (bicyclic) bond motifs is 2. The summed E-state index contributed by atoms with van der Waals surface area (Å²) < 4.78 is 0. The Labute approximate surface area is 171 Å². The van der Waals surface area contributed by atoms with E-state index in [-0.39, 0.29) is 11.9 Å². The molecule has 0 unspecified atom stereocenters. The van der Waals surface area contributed by atoms with Gasteiger partial charge in [-0.25, -0.2) is 9.69 Å². The van der Waals surface area contributed by atoms with Crippen molar-refractivity contribution >= 4 is 17.5 Å². The van der Waals surface area contributed by atoms with Crippen molar-refractivity contribution in [1.82, 2.24) is 15.1 Å². The molecule has 0 saturated carbocycles. The molecule has 1 N–H and O–H groups in total. The molecule has 2 aromatic carbocycles. The van der Waals surface area contributed by atoms with Gasteiger partial charge < -0.3 is 5.32 Å². The number of rotatable bonds is 3. The minimum atomic E-state index is -0.882. The van der Waals surface area contributed by atoms with Gasteiger partial charge in [-0.05, 0) is 47.9 Å². The zero-order valence-corrected chi connectivity index (χ0v) is 16.4. The van der Waals surface area contributed by atoms with Crippen LogP contribution in [-0.2, 0) is 16.8 Å². The zero-order chi connectivity index (χ0) is 19.8. The second-order valence-electron chi connectivity index (χ2n) is 8.14. The third kappa shape index (κ3) is 3.06. The molecule has 5 nitrogen and oxygen atoms in total. The van der Waals surface area contributed by atoms with Gasteiger partial charge in [0, 0.05) is 13.1 Å². The quantitative estimate of drug-likeness (QED) is 0.820. The van der Waals surface area contributed by atoms with E-state index in [1.807, 2.05) is 24.3 Å². The fourth-order valence-electron chi connectivity index (χ4n) is 4.89. The molecule has 148 valence electrons. The van der Waals surface area contributed by atoms with Gasteiger partial charge >= 0.3 is 6.03 Å². The summed E-state index contributed by atoms with van der Waals surface area (Å²) in [5, 5.41) is 3.04. The molecule has 1 saturated heterocycles. The Bertz CT molecular complexity index is 985. The molecule has 1 spiro atoms. The molecule has 2 heterocycles. The fraction of sp³-hybridized carbons (Fsp3) is 0.333. The second kappa shape index (κ2) is 7.16. The van der Waals surface area contributed by atoms with E-state index in [1.54, 1.807) is 0 Å². The van der Waals surface area contributed by atoms with Crippen LogP contribution in [0.4, 0.5) is 4.79 Å². The molecule has 3 aliphatic rings. The van der Waals surface area contributed by atoms with Crippen molar-refractivity contribution in [2.75, 3.05) is 19.8 Å². The van der Waals surface area contributed by atoms with E-state index in [4.69, 9.17) is 0 Å². The number of carbonyl (C=O) groups excluding carboxylic acids is 2. The van der Waals surface area contributed by atoms with Crippen molar-refractivity contribution in [2.24, 2.45) is 0 Å². The number of carbonyl (C=O) groups is 2. The van der Waals surface area contributed by atoms with E-state index in [2.05, 4.69) is 46.6 Å². The van der Waals surface area contributed by atoms with Crippen LogP contribution >= 0.6 is 0 Å². The lowest BCUT2D eigenvalue weighted by Crippen LogP contribution is -2.47. The lowest BCUT2D eigenvalue weighted by Gasteiger charge is -2.34. The van der Waals surface area contributed by atoms with Gasteiger partial charge in [0.2, 0.25) is 0 Å². The lowest BCUT2D eigenvalue weighted by atomic mass is 9.76. The van der Waals surface area contributed by atoms with E-state index in [0.29, 0.717) is 13.1 Å². The number of amides is 3. The Balaban J connectivity index is 1.33. The minimum absolute atomic E-state index is 0.104. The van der Waals surface area contributed by atoms with Crippen LogP contribution in [0.15, 0.2) is 60.7 Å². The summed E-state index contributed by atoms with van der Waals surface area (Å²) in [5.41, 5.74) is 3.84. The molecule has 1 aliphatic carbocycles. The Kier molecular flexibility index (Phi) is 4.47. The number of aryl methyl sites for hydroxylation is 1. The van der Waals surface area contributed by atoms with E-state index in [9.17, 15) is 9.59 Å². The van der Waals surface area contributed by atoms with Gasteiger partial charge in [0.1, 0.15) is 5.54 Å². The summed E-state index contributed by atoms with van der Waals surface area (Å²) >= 11 is 0. The highest BCUT2D eigenvalue weighted by molar-refractivity contribution is 6.07. The van der Waals surface area contributed by atoms with Gasteiger partial charge in [-0.3, -0.25) is 9.69 Å². The molecule has 0 aromatic heterocycles. The lowest BCUT2D eigenvalue weighted by molar-refractivity contribution is -0.133. The van der Waals surface area contributed by atoms with Gasteiger partial charge in [-0.2, -0.15) is 0 Å². The minimum Gasteiger partial charge on any atom is -0.319 e. The smallest absolute Gasteiger partial charge is 0.319 e. The van der Waals surface area contributed by atoms with Crippen LogP contribution in [0.3, 0.4) is 0 Å². The van der Waals surface area contributed by atoms with Gasteiger partial charge in [0.15, 0.2) is 0 Å². The van der Waals surface area contributed by atoms with Crippen molar-refractivity contribution in [2.45, 2.75) is 31.2 Å². The number of nitrogens with one attached hydrogen (secondary N) is 1. The van der Waals surface area contributed by atoms with Crippen molar-refractivity contribution in [3.63, 3.8) is 0 Å². The van der Waals surface area contributed by atoms with Gasteiger partial charge in [-0.1, -0.05) is 60.7 Å². The second-order valence-corrected chi connectivity index (χ2v) is 8.14. The summed E-state index contributed by atoms with van der Waals surface area (Å²) in [6, 6.07) is 18.1. The first-order chi connectivity index (χ1) is 14.2. The maximum atomic E-state index is 13.4. The maximum Gasteiger partial charge on any atom is 0.326 e.